The van der Waals surface area contributed by atoms with Crippen LogP contribution in [0.1, 0.15) is 47.5 Å². The summed E-state index contributed by atoms with van der Waals surface area (Å²) in [7, 11) is 0. The molecular formula is C13H14F2O2. The summed E-state index contributed by atoms with van der Waals surface area (Å²) >= 11 is 0. The van der Waals surface area contributed by atoms with Crippen molar-refractivity contribution in [2.24, 2.45) is 0 Å². The molecule has 2 rings (SSSR count). The highest BCUT2D eigenvalue weighted by molar-refractivity contribution is 5.89. The smallest absolute Gasteiger partial charge is 0.335 e. The molecule has 1 fully saturated rings. The second-order valence-electron chi connectivity index (χ2n) is 4.54. The minimum atomic E-state index is -2.66. The summed E-state index contributed by atoms with van der Waals surface area (Å²) in [4.78, 5) is 11.0. The van der Waals surface area contributed by atoms with E-state index in [2.05, 4.69) is 0 Å². The Morgan fingerprint density at radius 2 is 2.06 bits per heavy atom. The predicted molar refractivity (Wildman–Crippen MR) is 59.6 cm³/mol. The van der Waals surface area contributed by atoms with Gasteiger partial charge in [0.05, 0.1) is 5.56 Å². The molecule has 1 aromatic rings. The van der Waals surface area contributed by atoms with Gasteiger partial charge in [-0.15, -0.1) is 0 Å². The molecule has 17 heavy (non-hydrogen) atoms. The van der Waals surface area contributed by atoms with Crippen LogP contribution >= 0.6 is 0 Å². The lowest BCUT2D eigenvalue weighted by molar-refractivity contribution is -0.0409. The Balaban J connectivity index is 2.30. The molecule has 1 aromatic carbocycles. The first-order valence-electron chi connectivity index (χ1n) is 5.70. The van der Waals surface area contributed by atoms with Gasteiger partial charge in [-0.1, -0.05) is 18.2 Å². The number of benzene rings is 1. The maximum Gasteiger partial charge on any atom is 0.335 e. The molecule has 0 bridgehead atoms. The minimum absolute atomic E-state index is 0.0846. The van der Waals surface area contributed by atoms with E-state index in [9.17, 15) is 13.6 Å². The molecule has 1 aliphatic carbocycles. The van der Waals surface area contributed by atoms with Gasteiger partial charge in [0.25, 0.3) is 0 Å². The Morgan fingerprint density at radius 1 is 1.35 bits per heavy atom. The van der Waals surface area contributed by atoms with E-state index < -0.39 is 11.9 Å². The zero-order valence-electron chi connectivity index (χ0n) is 9.33. The minimum Gasteiger partial charge on any atom is -0.478 e. The molecule has 4 heteroatoms. The van der Waals surface area contributed by atoms with Crippen molar-refractivity contribution < 1.29 is 18.7 Å². The first-order chi connectivity index (χ1) is 7.99. The number of hydrogen-bond donors (Lipinski definition) is 1. The van der Waals surface area contributed by atoms with Crippen LogP contribution in [-0.4, -0.2) is 17.0 Å². The van der Waals surface area contributed by atoms with Crippen LogP contribution in [0, 0.1) is 0 Å². The van der Waals surface area contributed by atoms with Crippen molar-refractivity contribution in [1.82, 2.24) is 0 Å². The first-order valence-corrected chi connectivity index (χ1v) is 5.70. The maximum absolute atomic E-state index is 13.3. The van der Waals surface area contributed by atoms with Gasteiger partial charge in [0.1, 0.15) is 0 Å². The van der Waals surface area contributed by atoms with Gasteiger partial charge in [-0.25, -0.2) is 13.6 Å². The molecule has 0 aliphatic heterocycles. The average Bonchev–Trinajstić information content (AvgIpc) is 2.27. The SMILES string of the molecule is O=C(O)c1ccccc1C1CCCC(F)(F)C1. The highest BCUT2D eigenvalue weighted by Crippen LogP contribution is 2.42. The van der Waals surface area contributed by atoms with E-state index in [1.165, 1.54) is 6.07 Å². The van der Waals surface area contributed by atoms with E-state index in [1.807, 2.05) is 0 Å². The lowest BCUT2D eigenvalue weighted by Gasteiger charge is -2.29. The van der Waals surface area contributed by atoms with Crippen molar-refractivity contribution >= 4 is 5.97 Å². The summed E-state index contributed by atoms with van der Waals surface area (Å²) in [6.07, 6.45) is 0.765. The second-order valence-corrected chi connectivity index (χ2v) is 4.54. The monoisotopic (exact) mass is 240 g/mol. The lowest BCUT2D eigenvalue weighted by atomic mass is 9.80. The van der Waals surface area contributed by atoms with Crippen molar-refractivity contribution in [3.8, 4) is 0 Å². The van der Waals surface area contributed by atoms with Gasteiger partial charge in [-0.3, -0.25) is 0 Å². The number of hydrogen-bond acceptors (Lipinski definition) is 1. The van der Waals surface area contributed by atoms with E-state index in [0.717, 1.165) is 0 Å². The third-order valence-electron chi connectivity index (χ3n) is 3.27. The van der Waals surface area contributed by atoms with Gasteiger partial charge in [0.15, 0.2) is 0 Å². The number of carbonyl (C=O) groups is 1. The Hall–Kier alpha value is -1.45. The second kappa shape index (κ2) is 4.43. The normalized spacial score (nSPS) is 23.3. The molecule has 1 unspecified atom stereocenters. The molecule has 0 amide bonds. The average molecular weight is 240 g/mol. The molecule has 1 N–H and O–H groups in total. The quantitative estimate of drug-likeness (QED) is 0.856. The summed E-state index contributed by atoms with van der Waals surface area (Å²) < 4.78 is 26.7. The standard InChI is InChI=1S/C13H14F2O2/c14-13(15)7-3-4-9(8-13)10-5-1-2-6-11(10)12(16)17/h1-2,5-6,9H,3-4,7-8H2,(H,16,17). The number of carboxylic acid groups (broad SMARTS) is 1. The molecule has 1 atom stereocenters. The number of aromatic carboxylic acids is 1. The summed E-state index contributed by atoms with van der Waals surface area (Å²) in [5.74, 6) is -4.05. The van der Waals surface area contributed by atoms with Crippen LogP contribution in [0.25, 0.3) is 0 Å². The summed E-state index contributed by atoms with van der Waals surface area (Å²) in [5, 5.41) is 9.04. The number of halogens is 2. The topological polar surface area (TPSA) is 37.3 Å². The van der Waals surface area contributed by atoms with Crippen molar-refractivity contribution in [3.05, 3.63) is 35.4 Å². The predicted octanol–water partition coefficient (Wildman–Crippen LogP) is 3.68. The van der Waals surface area contributed by atoms with Crippen LogP contribution < -0.4 is 0 Å². The number of carboxylic acids is 1. The molecule has 2 nitrogen and oxygen atoms in total. The van der Waals surface area contributed by atoms with Crippen molar-refractivity contribution in [3.63, 3.8) is 0 Å². The Labute approximate surface area is 98.3 Å². The van der Waals surface area contributed by atoms with Crippen molar-refractivity contribution in [2.45, 2.75) is 37.5 Å². The third-order valence-corrected chi connectivity index (χ3v) is 3.27. The molecule has 0 aromatic heterocycles. The summed E-state index contributed by atoms with van der Waals surface area (Å²) in [6.45, 7) is 0. The van der Waals surface area contributed by atoms with Gasteiger partial charge in [-0.05, 0) is 30.4 Å². The van der Waals surface area contributed by atoms with E-state index >= 15 is 0 Å². The fraction of sp³-hybridized carbons (Fsp3) is 0.462. The highest BCUT2D eigenvalue weighted by atomic mass is 19.3. The van der Waals surface area contributed by atoms with Crippen LogP contribution in [0.3, 0.4) is 0 Å². The van der Waals surface area contributed by atoms with E-state index in [1.54, 1.807) is 18.2 Å². The molecule has 0 spiro atoms. The number of alkyl halides is 2. The largest absolute Gasteiger partial charge is 0.478 e. The van der Waals surface area contributed by atoms with Gasteiger partial charge < -0.3 is 5.11 Å². The molecular weight excluding hydrogens is 226 g/mol. The van der Waals surface area contributed by atoms with Crippen LogP contribution in [0.2, 0.25) is 0 Å². The van der Waals surface area contributed by atoms with Crippen LogP contribution in [0.15, 0.2) is 24.3 Å². The van der Waals surface area contributed by atoms with Gasteiger partial charge in [0.2, 0.25) is 5.92 Å². The van der Waals surface area contributed by atoms with Gasteiger partial charge >= 0.3 is 5.97 Å². The molecule has 0 radical (unpaired) electrons. The molecule has 1 aliphatic rings. The van der Waals surface area contributed by atoms with Crippen LogP contribution in [0.5, 0.6) is 0 Å². The van der Waals surface area contributed by atoms with E-state index in [4.69, 9.17) is 5.11 Å². The Morgan fingerprint density at radius 3 is 2.71 bits per heavy atom. The maximum atomic E-state index is 13.3. The van der Waals surface area contributed by atoms with Gasteiger partial charge in [-0.2, -0.15) is 0 Å². The third kappa shape index (κ3) is 2.62. The summed E-state index contributed by atoms with van der Waals surface area (Å²) in [5.41, 5.74) is 0.689. The van der Waals surface area contributed by atoms with E-state index in [0.29, 0.717) is 18.4 Å². The molecule has 0 saturated heterocycles. The van der Waals surface area contributed by atoms with E-state index in [-0.39, 0.29) is 24.3 Å². The highest BCUT2D eigenvalue weighted by Gasteiger charge is 2.37. The Kier molecular flexibility index (Phi) is 3.13. The first kappa shape index (κ1) is 12.0. The number of rotatable bonds is 2. The summed E-state index contributed by atoms with van der Waals surface area (Å²) in [6, 6.07) is 6.45. The zero-order chi connectivity index (χ0) is 12.5. The van der Waals surface area contributed by atoms with Crippen LogP contribution in [-0.2, 0) is 0 Å². The lowest BCUT2D eigenvalue weighted by Crippen LogP contribution is -2.25. The zero-order valence-corrected chi connectivity index (χ0v) is 9.33. The van der Waals surface area contributed by atoms with Crippen molar-refractivity contribution in [1.29, 1.82) is 0 Å². The van der Waals surface area contributed by atoms with Gasteiger partial charge in [0, 0.05) is 12.8 Å². The molecule has 1 saturated carbocycles. The fourth-order valence-corrected chi connectivity index (χ4v) is 2.48. The van der Waals surface area contributed by atoms with Crippen LogP contribution in [0.4, 0.5) is 8.78 Å². The molecule has 0 heterocycles. The molecule has 92 valence electrons. The Bertz CT molecular complexity index is 429. The van der Waals surface area contributed by atoms with Crippen molar-refractivity contribution in [2.75, 3.05) is 0 Å². The fourth-order valence-electron chi connectivity index (χ4n) is 2.48.